The van der Waals surface area contributed by atoms with Gasteiger partial charge in [-0.05, 0) is 29.0 Å². The fraction of sp³-hybridized carbons (Fsp3) is 0.261. The maximum Gasteiger partial charge on any atom is 0.223 e. The van der Waals surface area contributed by atoms with Gasteiger partial charge in [0.25, 0.3) is 0 Å². The molecule has 1 N–H and O–H groups in total. The van der Waals surface area contributed by atoms with Crippen LogP contribution in [0.3, 0.4) is 0 Å². The van der Waals surface area contributed by atoms with E-state index in [1.165, 1.54) is 0 Å². The number of nitrogens with zero attached hydrogens (tertiary/aromatic N) is 1. The summed E-state index contributed by atoms with van der Waals surface area (Å²) in [6, 6.07) is 18.1. The lowest BCUT2D eigenvalue weighted by Gasteiger charge is -2.19. The Balaban J connectivity index is 1.87. The highest BCUT2D eigenvalue weighted by Crippen LogP contribution is 2.46. The molecule has 0 saturated heterocycles. The van der Waals surface area contributed by atoms with Crippen LogP contribution in [0.4, 0.5) is 5.69 Å². The number of carbonyl (C=O) groups is 1. The second kappa shape index (κ2) is 7.05. The predicted molar refractivity (Wildman–Crippen MR) is 107 cm³/mol. The first-order chi connectivity index (χ1) is 13.1. The van der Waals surface area contributed by atoms with Gasteiger partial charge in [0, 0.05) is 30.8 Å². The van der Waals surface area contributed by atoms with Crippen LogP contribution in [0.15, 0.2) is 54.6 Å². The van der Waals surface area contributed by atoms with E-state index in [0.29, 0.717) is 13.2 Å². The molecule has 1 aliphatic heterocycles. The van der Waals surface area contributed by atoms with Crippen LogP contribution in [-0.2, 0) is 11.4 Å². The Labute approximate surface area is 159 Å². The molecule has 1 heterocycles. The molecule has 4 rings (SSSR count). The van der Waals surface area contributed by atoms with E-state index in [9.17, 15) is 9.90 Å². The van der Waals surface area contributed by atoms with Crippen LogP contribution < -0.4 is 9.64 Å². The molecule has 27 heavy (non-hydrogen) atoms. The third-order valence-corrected chi connectivity index (χ3v) is 5.29. The molecule has 1 aliphatic rings. The lowest BCUT2D eigenvalue weighted by atomic mass is 9.92. The van der Waals surface area contributed by atoms with Crippen molar-refractivity contribution in [2.45, 2.75) is 26.4 Å². The molecular formula is C23H23NO3. The molecule has 0 radical (unpaired) electrons. The van der Waals surface area contributed by atoms with Gasteiger partial charge in [0.1, 0.15) is 12.4 Å². The van der Waals surface area contributed by atoms with E-state index in [0.717, 1.165) is 38.9 Å². The summed E-state index contributed by atoms with van der Waals surface area (Å²) >= 11 is 0. The molecule has 0 fully saturated rings. The van der Waals surface area contributed by atoms with E-state index in [1.807, 2.05) is 48.5 Å². The van der Waals surface area contributed by atoms with Gasteiger partial charge in [-0.3, -0.25) is 4.79 Å². The molecule has 0 unspecified atom stereocenters. The molecule has 0 saturated carbocycles. The zero-order chi connectivity index (χ0) is 19.0. The predicted octanol–water partition coefficient (Wildman–Crippen LogP) is 4.17. The van der Waals surface area contributed by atoms with Crippen molar-refractivity contribution in [2.24, 2.45) is 0 Å². The number of aryl methyl sites for hydroxylation is 1. The number of carbonyl (C=O) groups excluding carboxylic acids is 1. The summed E-state index contributed by atoms with van der Waals surface area (Å²) in [6.45, 7) is 4.62. The molecule has 3 aromatic rings. The maximum absolute atomic E-state index is 12.2. The third kappa shape index (κ3) is 3.06. The number of ether oxygens (including phenoxy) is 1. The standard InChI is InChI=1S/C23H23NO3/c1-15-7-6-10-19-21(27-14-17-8-4-3-5-9-17)11-20-23(22(15)19)18(13-25)12-24(20)16(2)26/h3-11,18,25H,12-14H2,1-2H3/t18-/m0/s1. The molecule has 0 aliphatic carbocycles. The van der Waals surface area contributed by atoms with Crippen LogP contribution in [-0.4, -0.2) is 24.2 Å². The molecule has 0 spiro atoms. The van der Waals surface area contributed by atoms with Crippen LogP contribution in [0.25, 0.3) is 10.8 Å². The average molecular weight is 361 g/mol. The molecule has 0 bridgehead atoms. The zero-order valence-electron chi connectivity index (χ0n) is 15.6. The van der Waals surface area contributed by atoms with Crippen LogP contribution in [0.2, 0.25) is 0 Å². The monoisotopic (exact) mass is 361 g/mol. The van der Waals surface area contributed by atoms with Crippen molar-refractivity contribution in [1.29, 1.82) is 0 Å². The summed E-state index contributed by atoms with van der Waals surface area (Å²) < 4.78 is 6.18. The topological polar surface area (TPSA) is 49.8 Å². The van der Waals surface area contributed by atoms with Crippen molar-refractivity contribution in [1.82, 2.24) is 0 Å². The highest BCUT2D eigenvalue weighted by atomic mass is 16.5. The van der Waals surface area contributed by atoms with Crippen LogP contribution in [0.5, 0.6) is 5.75 Å². The normalized spacial score (nSPS) is 15.8. The first kappa shape index (κ1) is 17.6. The first-order valence-electron chi connectivity index (χ1n) is 9.22. The van der Waals surface area contributed by atoms with Crippen molar-refractivity contribution < 1.29 is 14.6 Å². The highest BCUT2D eigenvalue weighted by Gasteiger charge is 2.33. The molecule has 4 heteroatoms. The van der Waals surface area contributed by atoms with E-state index >= 15 is 0 Å². The van der Waals surface area contributed by atoms with Crippen molar-refractivity contribution in [3.63, 3.8) is 0 Å². The minimum absolute atomic E-state index is 0.0183. The number of anilines is 1. The Kier molecular flexibility index (Phi) is 4.58. The molecule has 1 atom stereocenters. The van der Waals surface area contributed by atoms with E-state index < -0.39 is 0 Å². The number of aliphatic hydroxyl groups is 1. The number of rotatable bonds is 4. The van der Waals surface area contributed by atoms with E-state index in [1.54, 1.807) is 11.8 Å². The van der Waals surface area contributed by atoms with Crippen molar-refractivity contribution in [3.8, 4) is 5.75 Å². The van der Waals surface area contributed by atoms with E-state index in [4.69, 9.17) is 4.74 Å². The van der Waals surface area contributed by atoms with Crippen LogP contribution in [0.1, 0.15) is 29.5 Å². The average Bonchev–Trinajstić information content (AvgIpc) is 3.05. The Morgan fingerprint density at radius 2 is 1.96 bits per heavy atom. The Morgan fingerprint density at radius 1 is 1.19 bits per heavy atom. The van der Waals surface area contributed by atoms with Crippen molar-refractivity contribution in [3.05, 3.63) is 71.3 Å². The van der Waals surface area contributed by atoms with Crippen LogP contribution >= 0.6 is 0 Å². The van der Waals surface area contributed by atoms with Crippen LogP contribution in [0, 0.1) is 6.92 Å². The van der Waals surface area contributed by atoms with E-state index in [-0.39, 0.29) is 18.4 Å². The van der Waals surface area contributed by atoms with Gasteiger partial charge in [0.05, 0.1) is 12.3 Å². The SMILES string of the molecule is CC(=O)N1C[C@@H](CO)c2c1cc(OCc1ccccc1)c1cccc(C)c21. The summed E-state index contributed by atoms with van der Waals surface area (Å²) in [5, 5.41) is 12.0. The summed E-state index contributed by atoms with van der Waals surface area (Å²) in [5.41, 5.74) is 4.12. The van der Waals surface area contributed by atoms with Crippen molar-refractivity contribution in [2.75, 3.05) is 18.1 Å². The van der Waals surface area contributed by atoms with E-state index in [2.05, 4.69) is 13.0 Å². The molecule has 0 aromatic heterocycles. The molecule has 3 aromatic carbocycles. The fourth-order valence-electron chi connectivity index (χ4n) is 3.99. The molecule has 1 amide bonds. The number of fused-ring (bicyclic) bond motifs is 3. The number of hydrogen-bond acceptors (Lipinski definition) is 3. The van der Waals surface area contributed by atoms with Gasteiger partial charge in [-0.2, -0.15) is 0 Å². The number of amides is 1. The summed E-state index contributed by atoms with van der Waals surface area (Å²) in [6.07, 6.45) is 0. The second-order valence-corrected chi connectivity index (χ2v) is 7.09. The van der Waals surface area contributed by atoms with Gasteiger partial charge < -0.3 is 14.7 Å². The smallest absolute Gasteiger partial charge is 0.223 e. The minimum atomic E-state index is -0.0735. The number of hydrogen-bond donors (Lipinski definition) is 1. The highest BCUT2D eigenvalue weighted by molar-refractivity contribution is 6.04. The molecule has 4 nitrogen and oxygen atoms in total. The van der Waals surface area contributed by atoms with Gasteiger partial charge in [-0.1, -0.05) is 48.5 Å². The number of benzene rings is 3. The fourth-order valence-corrected chi connectivity index (χ4v) is 3.99. The van der Waals surface area contributed by atoms with Gasteiger partial charge >= 0.3 is 0 Å². The summed E-state index contributed by atoms with van der Waals surface area (Å²) in [5.74, 6) is 0.672. The lowest BCUT2D eigenvalue weighted by molar-refractivity contribution is -0.116. The Morgan fingerprint density at radius 3 is 2.67 bits per heavy atom. The Bertz CT molecular complexity index is 997. The van der Waals surface area contributed by atoms with Gasteiger partial charge in [0.15, 0.2) is 0 Å². The second-order valence-electron chi connectivity index (χ2n) is 7.09. The Hall–Kier alpha value is -2.85. The first-order valence-corrected chi connectivity index (χ1v) is 9.22. The molecular weight excluding hydrogens is 338 g/mol. The van der Waals surface area contributed by atoms with Gasteiger partial charge in [-0.15, -0.1) is 0 Å². The van der Waals surface area contributed by atoms with Gasteiger partial charge in [0.2, 0.25) is 5.91 Å². The zero-order valence-corrected chi connectivity index (χ0v) is 15.6. The third-order valence-electron chi connectivity index (χ3n) is 5.29. The number of aliphatic hydroxyl groups excluding tert-OH is 1. The largest absolute Gasteiger partial charge is 0.488 e. The quantitative estimate of drug-likeness (QED) is 0.759. The van der Waals surface area contributed by atoms with Gasteiger partial charge in [-0.25, -0.2) is 0 Å². The van der Waals surface area contributed by atoms with Crippen molar-refractivity contribution >= 4 is 22.4 Å². The maximum atomic E-state index is 12.2. The summed E-state index contributed by atoms with van der Waals surface area (Å²) in [7, 11) is 0. The summed E-state index contributed by atoms with van der Waals surface area (Å²) in [4.78, 5) is 13.9. The molecule has 138 valence electrons. The minimum Gasteiger partial charge on any atom is -0.488 e. The lowest BCUT2D eigenvalue weighted by Crippen LogP contribution is -2.27.